The van der Waals surface area contributed by atoms with E-state index in [4.69, 9.17) is 9.84 Å². The molecule has 3 N–H and O–H groups in total. The van der Waals surface area contributed by atoms with Crippen molar-refractivity contribution in [3.8, 4) is 5.75 Å². The first-order valence-corrected chi connectivity index (χ1v) is 6.94. The van der Waals surface area contributed by atoms with E-state index < -0.39 is 11.5 Å². The van der Waals surface area contributed by atoms with Gasteiger partial charge in [0.2, 0.25) is 0 Å². The number of carbonyl (C=O) groups excluding carboxylic acids is 1. The van der Waals surface area contributed by atoms with Crippen LogP contribution >= 0.6 is 0 Å². The molecule has 1 saturated carbocycles. The van der Waals surface area contributed by atoms with E-state index in [9.17, 15) is 9.59 Å². The summed E-state index contributed by atoms with van der Waals surface area (Å²) >= 11 is 0. The zero-order valence-electron chi connectivity index (χ0n) is 12.0. The van der Waals surface area contributed by atoms with Gasteiger partial charge in [0.05, 0.1) is 19.1 Å². The highest BCUT2D eigenvalue weighted by molar-refractivity contribution is 5.77. The molecule has 1 aromatic carbocycles. The van der Waals surface area contributed by atoms with E-state index in [2.05, 4.69) is 10.6 Å². The molecule has 2 rings (SSSR count). The zero-order chi connectivity index (χ0) is 15.3. The maximum Gasteiger partial charge on any atom is 0.315 e. The number of carbonyl (C=O) groups is 2. The van der Waals surface area contributed by atoms with E-state index in [1.165, 1.54) is 0 Å². The molecule has 21 heavy (non-hydrogen) atoms. The van der Waals surface area contributed by atoms with E-state index in [0.29, 0.717) is 25.1 Å². The van der Waals surface area contributed by atoms with Crippen molar-refractivity contribution in [3.63, 3.8) is 0 Å². The fourth-order valence-electron chi connectivity index (χ4n) is 2.55. The molecule has 0 atom stereocenters. The van der Waals surface area contributed by atoms with Gasteiger partial charge in [0.1, 0.15) is 5.75 Å². The van der Waals surface area contributed by atoms with Crippen LogP contribution in [0.3, 0.4) is 0 Å². The van der Waals surface area contributed by atoms with Gasteiger partial charge in [-0.05, 0) is 25.3 Å². The van der Waals surface area contributed by atoms with Crippen LogP contribution in [-0.2, 0) is 11.3 Å². The SMILES string of the molecule is COc1ccccc1CNC(=O)NC1(CC(=O)O)CCC1. The second-order valence-electron chi connectivity index (χ2n) is 5.32. The number of hydrogen-bond donors (Lipinski definition) is 3. The number of rotatable bonds is 6. The summed E-state index contributed by atoms with van der Waals surface area (Å²) in [5.74, 6) is -0.179. The van der Waals surface area contributed by atoms with Crippen molar-refractivity contribution in [1.29, 1.82) is 0 Å². The van der Waals surface area contributed by atoms with Crippen LogP contribution in [0.2, 0.25) is 0 Å². The molecule has 0 aliphatic heterocycles. The van der Waals surface area contributed by atoms with Gasteiger partial charge in [0.25, 0.3) is 0 Å². The monoisotopic (exact) mass is 292 g/mol. The number of carboxylic acid groups (broad SMARTS) is 1. The Labute approximate surface area is 123 Å². The Morgan fingerprint density at radius 1 is 1.33 bits per heavy atom. The van der Waals surface area contributed by atoms with Crippen LogP contribution in [0.1, 0.15) is 31.2 Å². The van der Waals surface area contributed by atoms with E-state index in [-0.39, 0.29) is 12.5 Å². The Kier molecular flexibility index (Phi) is 4.67. The predicted molar refractivity (Wildman–Crippen MR) is 77.2 cm³/mol. The maximum absolute atomic E-state index is 11.9. The zero-order valence-corrected chi connectivity index (χ0v) is 12.0. The molecule has 6 nitrogen and oxygen atoms in total. The number of methoxy groups -OCH3 is 1. The van der Waals surface area contributed by atoms with Gasteiger partial charge >= 0.3 is 12.0 Å². The third kappa shape index (κ3) is 3.87. The molecule has 114 valence electrons. The molecule has 2 amide bonds. The first-order chi connectivity index (χ1) is 10.0. The first kappa shape index (κ1) is 15.2. The van der Waals surface area contributed by atoms with Crippen molar-refractivity contribution in [2.75, 3.05) is 7.11 Å². The number of urea groups is 1. The molecule has 0 bridgehead atoms. The third-order valence-corrected chi connectivity index (χ3v) is 3.81. The fourth-order valence-corrected chi connectivity index (χ4v) is 2.55. The van der Waals surface area contributed by atoms with Crippen molar-refractivity contribution in [2.24, 2.45) is 0 Å². The number of ether oxygens (including phenoxy) is 1. The molecular weight excluding hydrogens is 272 g/mol. The summed E-state index contributed by atoms with van der Waals surface area (Å²) in [5.41, 5.74) is 0.285. The molecule has 0 heterocycles. The molecule has 0 spiro atoms. The van der Waals surface area contributed by atoms with Crippen LogP contribution in [0.25, 0.3) is 0 Å². The summed E-state index contributed by atoms with van der Waals surface area (Å²) < 4.78 is 5.21. The van der Waals surface area contributed by atoms with Crippen molar-refractivity contribution >= 4 is 12.0 Å². The lowest BCUT2D eigenvalue weighted by Crippen LogP contribution is -2.57. The Morgan fingerprint density at radius 2 is 2.05 bits per heavy atom. The molecule has 0 unspecified atom stereocenters. The Hall–Kier alpha value is -2.24. The fraction of sp³-hybridized carbons (Fsp3) is 0.467. The van der Waals surface area contributed by atoms with Crippen LogP contribution in [0.15, 0.2) is 24.3 Å². The number of carboxylic acids is 1. The highest BCUT2D eigenvalue weighted by Crippen LogP contribution is 2.34. The standard InChI is InChI=1S/C15H20N2O4/c1-21-12-6-3-2-5-11(12)10-16-14(20)17-15(7-4-8-15)9-13(18)19/h2-3,5-6H,4,7-10H2,1H3,(H,18,19)(H2,16,17,20). The molecule has 1 aliphatic carbocycles. The van der Waals surface area contributed by atoms with Crippen LogP contribution in [0.4, 0.5) is 4.79 Å². The van der Waals surface area contributed by atoms with E-state index in [1.807, 2.05) is 24.3 Å². The van der Waals surface area contributed by atoms with Gasteiger partial charge < -0.3 is 20.5 Å². The molecule has 1 aliphatic rings. The average molecular weight is 292 g/mol. The van der Waals surface area contributed by atoms with Crippen molar-refractivity contribution < 1.29 is 19.4 Å². The van der Waals surface area contributed by atoms with E-state index in [1.54, 1.807) is 7.11 Å². The molecule has 0 radical (unpaired) electrons. The van der Waals surface area contributed by atoms with Crippen molar-refractivity contribution in [3.05, 3.63) is 29.8 Å². The quantitative estimate of drug-likeness (QED) is 0.747. The molecule has 1 fully saturated rings. The number of benzene rings is 1. The van der Waals surface area contributed by atoms with Crippen molar-refractivity contribution in [2.45, 2.75) is 37.8 Å². The lowest BCUT2D eigenvalue weighted by molar-refractivity contribution is -0.139. The van der Waals surface area contributed by atoms with Crippen molar-refractivity contribution in [1.82, 2.24) is 10.6 Å². The average Bonchev–Trinajstić information content (AvgIpc) is 2.42. The van der Waals surface area contributed by atoms with Gasteiger partial charge in [-0.2, -0.15) is 0 Å². The van der Waals surface area contributed by atoms with Crippen LogP contribution in [-0.4, -0.2) is 29.8 Å². The summed E-state index contributed by atoms with van der Waals surface area (Å²) in [4.78, 5) is 22.8. The van der Waals surface area contributed by atoms with Gasteiger partial charge in [0, 0.05) is 12.1 Å². The summed E-state index contributed by atoms with van der Waals surface area (Å²) in [7, 11) is 1.58. The van der Waals surface area contributed by atoms with Gasteiger partial charge in [-0.15, -0.1) is 0 Å². The summed E-state index contributed by atoms with van der Waals surface area (Å²) in [6, 6.07) is 7.08. The Balaban J connectivity index is 1.88. The van der Waals surface area contributed by atoms with Crippen LogP contribution in [0.5, 0.6) is 5.75 Å². The van der Waals surface area contributed by atoms with Crippen LogP contribution in [0, 0.1) is 0 Å². The van der Waals surface area contributed by atoms with E-state index in [0.717, 1.165) is 12.0 Å². The van der Waals surface area contributed by atoms with Gasteiger partial charge in [-0.1, -0.05) is 18.2 Å². The predicted octanol–water partition coefficient (Wildman–Crippen LogP) is 1.89. The number of para-hydroxylation sites is 1. The number of aliphatic carboxylic acids is 1. The largest absolute Gasteiger partial charge is 0.496 e. The minimum atomic E-state index is -0.889. The smallest absolute Gasteiger partial charge is 0.315 e. The minimum absolute atomic E-state index is 0.0327. The topological polar surface area (TPSA) is 87.7 Å². The summed E-state index contributed by atoms with van der Waals surface area (Å²) in [5, 5.41) is 14.5. The summed E-state index contributed by atoms with van der Waals surface area (Å²) in [6.45, 7) is 0.332. The second-order valence-corrected chi connectivity index (χ2v) is 5.32. The minimum Gasteiger partial charge on any atom is -0.496 e. The lowest BCUT2D eigenvalue weighted by atomic mass is 9.74. The number of nitrogens with one attached hydrogen (secondary N) is 2. The molecular formula is C15H20N2O4. The van der Waals surface area contributed by atoms with Crippen LogP contribution < -0.4 is 15.4 Å². The Morgan fingerprint density at radius 3 is 2.62 bits per heavy atom. The van der Waals surface area contributed by atoms with Gasteiger partial charge in [-0.25, -0.2) is 4.79 Å². The number of hydrogen-bond acceptors (Lipinski definition) is 3. The maximum atomic E-state index is 11.9. The lowest BCUT2D eigenvalue weighted by Gasteiger charge is -2.41. The number of amides is 2. The normalized spacial score (nSPS) is 15.7. The van der Waals surface area contributed by atoms with Gasteiger partial charge in [0.15, 0.2) is 0 Å². The third-order valence-electron chi connectivity index (χ3n) is 3.81. The highest BCUT2D eigenvalue weighted by Gasteiger charge is 2.40. The molecule has 6 heteroatoms. The summed E-state index contributed by atoms with van der Waals surface area (Å²) in [6.07, 6.45) is 2.33. The Bertz CT molecular complexity index is 526. The van der Waals surface area contributed by atoms with E-state index >= 15 is 0 Å². The van der Waals surface area contributed by atoms with Gasteiger partial charge in [-0.3, -0.25) is 4.79 Å². The highest BCUT2D eigenvalue weighted by atomic mass is 16.5. The molecule has 0 saturated heterocycles. The second kappa shape index (κ2) is 6.47. The first-order valence-electron chi connectivity index (χ1n) is 6.94. The molecule has 1 aromatic rings. The molecule has 0 aromatic heterocycles.